The van der Waals surface area contributed by atoms with Crippen molar-refractivity contribution in [3.63, 3.8) is 0 Å². The van der Waals surface area contributed by atoms with Crippen molar-refractivity contribution < 1.29 is 22.7 Å². The van der Waals surface area contributed by atoms with Crippen LogP contribution in [0.4, 0.5) is 13.2 Å². The highest BCUT2D eigenvalue weighted by molar-refractivity contribution is 5.93. The number of alkyl halides is 3. The molecule has 3 aromatic rings. The van der Waals surface area contributed by atoms with Crippen LogP contribution in [0.3, 0.4) is 0 Å². The summed E-state index contributed by atoms with van der Waals surface area (Å²) in [7, 11) is 0. The van der Waals surface area contributed by atoms with Gasteiger partial charge in [-0.15, -0.1) is 0 Å². The first kappa shape index (κ1) is 21.7. The minimum Gasteiger partial charge on any atom is -0.489 e. The fourth-order valence-corrected chi connectivity index (χ4v) is 3.69. The average molecular weight is 446 g/mol. The number of carbonyl (C=O) groups excluding carboxylic acids is 1. The molecule has 0 spiro atoms. The third-order valence-electron chi connectivity index (χ3n) is 5.24. The number of ether oxygens (including phenoxy) is 1. The minimum absolute atomic E-state index is 0.233. The molecular formula is C22H21F3N4O3. The summed E-state index contributed by atoms with van der Waals surface area (Å²) in [6.45, 7) is 4.43. The molecule has 7 nitrogen and oxygen atoms in total. The predicted molar refractivity (Wildman–Crippen MR) is 110 cm³/mol. The van der Waals surface area contributed by atoms with Gasteiger partial charge in [-0.05, 0) is 50.2 Å². The second-order valence-electron chi connectivity index (χ2n) is 7.68. The van der Waals surface area contributed by atoms with Gasteiger partial charge in [-0.2, -0.15) is 13.2 Å². The Hall–Kier alpha value is -3.56. The highest BCUT2D eigenvalue weighted by Gasteiger charge is 2.30. The van der Waals surface area contributed by atoms with Crippen LogP contribution in [0.25, 0.3) is 5.69 Å². The van der Waals surface area contributed by atoms with Gasteiger partial charge in [-0.3, -0.25) is 9.59 Å². The molecule has 1 aliphatic rings. The molecule has 0 N–H and O–H groups in total. The van der Waals surface area contributed by atoms with Crippen molar-refractivity contribution in [3.8, 4) is 11.4 Å². The van der Waals surface area contributed by atoms with E-state index in [1.165, 1.54) is 16.7 Å². The first-order valence-electron chi connectivity index (χ1n) is 10.0. The quantitative estimate of drug-likeness (QED) is 0.603. The maximum absolute atomic E-state index is 12.9. The topological polar surface area (TPSA) is 69.4 Å². The smallest absolute Gasteiger partial charge is 0.416 e. The lowest BCUT2D eigenvalue weighted by atomic mass is 10.2. The minimum atomic E-state index is -4.41. The van der Waals surface area contributed by atoms with Crippen molar-refractivity contribution in [2.75, 3.05) is 13.1 Å². The molecule has 0 aliphatic carbocycles. The second kappa shape index (κ2) is 8.18. The molecule has 3 heterocycles. The van der Waals surface area contributed by atoms with Crippen LogP contribution in [0.5, 0.6) is 5.75 Å². The molecule has 1 aliphatic heterocycles. The molecule has 168 valence electrons. The highest BCUT2D eigenvalue weighted by Crippen LogP contribution is 2.30. The number of hydrogen-bond acceptors (Lipinski definition) is 4. The van der Waals surface area contributed by atoms with E-state index in [9.17, 15) is 22.8 Å². The lowest BCUT2D eigenvalue weighted by Gasteiger charge is -2.31. The van der Waals surface area contributed by atoms with E-state index in [1.54, 1.807) is 41.0 Å². The molecule has 0 saturated carbocycles. The number of rotatable bonds is 5. The number of fused-ring (bicyclic) bond motifs is 1. The van der Waals surface area contributed by atoms with Crippen LogP contribution in [0, 0.1) is 6.92 Å². The van der Waals surface area contributed by atoms with Gasteiger partial charge in [0.1, 0.15) is 23.2 Å². The van der Waals surface area contributed by atoms with Gasteiger partial charge in [0.2, 0.25) is 0 Å². The fraction of sp³-hybridized carbons (Fsp3) is 0.318. The summed E-state index contributed by atoms with van der Waals surface area (Å²) in [5.41, 5.74) is 0.438. The van der Waals surface area contributed by atoms with Crippen LogP contribution in [0.1, 0.15) is 28.7 Å². The molecule has 0 bridgehead atoms. The molecule has 1 unspecified atom stereocenters. The van der Waals surface area contributed by atoms with E-state index in [0.717, 1.165) is 17.8 Å². The number of hydrogen-bond donors (Lipinski definition) is 0. The van der Waals surface area contributed by atoms with Gasteiger partial charge >= 0.3 is 6.18 Å². The molecule has 2 aromatic heterocycles. The largest absolute Gasteiger partial charge is 0.489 e. The van der Waals surface area contributed by atoms with Crippen LogP contribution < -0.4 is 10.3 Å². The maximum atomic E-state index is 12.9. The van der Waals surface area contributed by atoms with Gasteiger partial charge in [-0.25, -0.2) is 4.98 Å². The number of nitrogens with zero attached hydrogens (tertiary/aromatic N) is 4. The third kappa shape index (κ3) is 4.25. The Kier molecular flexibility index (Phi) is 5.53. The van der Waals surface area contributed by atoms with E-state index in [0.29, 0.717) is 18.8 Å². The molecule has 0 radical (unpaired) electrons. The number of imidazole rings is 1. The lowest BCUT2D eigenvalue weighted by molar-refractivity contribution is -0.137. The van der Waals surface area contributed by atoms with E-state index in [-0.39, 0.29) is 29.5 Å². The maximum Gasteiger partial charge on any atom is 0.416 e. The predicted octanol–water partition coefficient (Wildman–Crippen LogP) is 3.28. The van der Waals surface area contributed by atoms with Crippen molar-refractivity contribution in [2.45, 2.75) is 32.7 Å². The number of amides is 1. The van der Waals surface area contributed by atoms with Crippen LogP contribution >= 0.6 is 0 Å². The molecule has 1 amide bonds. The Bertz CT molecular complexity index is 1200. The van der Waals surface area contributed by atoms with Gasteiger partial charge < -0.3 is 18.8 Å². The SMILES string of the molecule is Cc1cn(-c2ccc3n(c2=O)CCN(CC(C)Oc2ccc(C(F)(F)F)cc2)C3=O)cn1. The Morgan fingerprint density at radius 2 is 1.81 bits per heavy atom. The van der Waals surface area contributed by atoms with Gasteiger partial charge in [0.25, 0.3) is 11.5 Å². The Morgan fingerprint density at radius 3 is 2.44 bits per heavy atom. The zero-order valence-electron chi connectivity index (χ0n) is 17.5. The first-order valence-corrected chi connectivity index (χ1v) is 10.0. The number of halogens is 3. The Balaban J connectivity index is 1.45. The lowest BCUT2D eigenvalue weighted by Crippen LogP contribution is -2.47. The number of aromatic nitrogens is 3. The molecule has 0 fully saturated rings. The van der Waals surface area contributed by atoms with E-state index >= 15 is 0 Å². The van der Waals surface area contributed by atoms with Crippen LogP contribution in [-0.4, -0.2) is 44.1 Å². The number of carbonyl (C=O) groups is 1. The van der Waals surface area contributed by atoms with Crippen molar-refractivity contribution >= 4 is 5.91 Å². The Morgan fingerprint density at radius 1 is 1.09 bits per heavy atom. The molecular weight excluding hydrogens is 425 g/mol. The first-order chi connectivity index (χ1) is 15.1. The summed E-state index contributed by atoms with van der Waals surface area (Å²) in [6.07, 6.45) is -1.58. The van der Waals surface area contributed by atoms with Crippen LogP contribution in [0.2, 0.25) is 0 Å². The van der Waals surface area contributed by atoms with Crippen LogP contribution in [0.15, 0.2) is 53.7 Å². The van der Waals surface area contributed by atoms with Gasteiger partial charge in [-0.1, -0.05) is 0 Å². The van der Waals surface area contributed by atoms with Gasteiger partial charge in [0, 0.05) is 19.3 Å². The normalized spacial score (nSPS) is 14.9. The summed E-state index contributed by atoms with van der Waals surface area (Å²) in [5.74, 6) is -0.0172. The molecule has 1 aromatic carbocycles. The highest BCUT2D eigenvalue weighted by atomic mass is 19.4. The van der Waals surface area contributed by atoms with Crippen molar-refractivity contribution in [1.82, 2.24) is 19.0 Å². The van der Waals surface area contributed by atoms with E-state index in [4.69, 9.17) is 4.74 Å². The summed E-state index contributed by atoms with van der Waals surface area (Å²) in [6, 6.07) is 7.63. The van der Waals surface area contributed by atoms with E-state index in [1.807, 2.05) is 6.92 Å². The molecule has 0 saturated heterocycles. The van der Waals surface area contributed by atoms with Crippen molar-refractivity contribution in [2.24, 2.45) is 0 Å². The zero-order valence-corrected chi connectivity index (χ0v) is 17.5. The van der Waals surface area contributed by atoms with E-state index < -0.39 is 17.8 Å². The van der Waals surface area contributed by atoms with Crippen molar-refractivity contribution in [3.05, 3.63) is 76.2 Å². The standard InChI is InChI=1S/C22H21F3N4O3/c1-14-11-28(13-26-14)18-7-8-19-20(30)27(9-10-29(19)21(18)31)12-15(2)32-17-5-3-16(4-6-17)22(23,24)25/h3-8,11,13,15H,9-10,12H2,1-2H3. The number of pyridine rings is 1. The molecule has 1 atom stereocenters. The van der Waals surface area contributed by atoms with Crippen LogP contribution in [-0.2, 0) is 12.7 Å². The summed E-state index contributed by atoms with van der Waals surface area (Å²) < 4.78 is 46.8. The average Bonchev–Trinajstić information content (AvgIpc) is 3.16. The fourth-order valence-electron chi connectivity index (χ4n) is 3.69. The van der Waals surface area contributed by atoms with Crippen molar-refractivity contribution in [1.29, 1.82) is 0 Å². The Labute approximate surface area is 181 Å². The second-order valence-corrected chi connectivity index (χ2v) is 7.68. The summed E-state index contributed by atoms with van der Waals surface area (Å²) in [5, 5.41) is 0. The number of aryl methyl sites for hydroxylation is 1. The van der Waals surface area contributed by atoms with E-state index in [2.05, 4.69) is 4.98 Å². The molecule has 10 heteroatoms. The zero-order chi connectivity index (χ0) is 23.0. The summed E-state index contributed by atoms with van der Waals surface area (Å²) in [4.78, 5) is 31.5. The molecule has 32 heavy (non-hydrogen) atoms. The number of benzene rings is 1. The van der Waals surface area contributed by atoms with Gasteiger partial charge in [0.05, 0.1) is 24.1 Å². The summed E-state index contributed by atoms with van der Waals surface area (Å²) >= 11 is 0. The third-order valence-corrected chi connectivity index (χ3v) is 5.24. The molecule has 4 rings (SSSR count). The van der Waals surface area contributed by atoms with Gasteiger partial charge in [0.15, 0.2) is 0 Å². The monoisotopic (exact) mass is 446 g/mol.